The molecule has 2 aliphatic heterocycles. The van der Waals surface area contributed by atoms with Gasteiger partial charge in [0.2, 0.25) is 0 Å². The third kappa shape index (κ3) is 1.91. The molecule has 2 heterocycles. The maximum atomic E-state index is 5.81. The zero-order chi connectivity index (χ0) is 12.7. The quantitative estimate of drug-likeness (QED) is 0.859. The average Bonchev–Trinajstić information content (AvgIpc) is 2.93. The van der Waals surface area contributed by atoms with Gasteiger partial charge in [-0.3, -0.25) is 4.90 Å². The number of benzene rings is 1. The van der Waals surface area contributed by atoms with Crippen molar-refractivity contribution >= 4 is 5.69 Å². The maximum absolute atomic E-state index is 5.81. The van der Waals surface area contributed by atoms with E-state index in [1.54, 1.807) is 0 Å². The standard InChI is InChI=1S/C15H23N3/c1-17-6-5-12-3-4-13(8-15(12)17)14-7-11(9-16)10-18(14)2/h3-4,8,11,14H,5-7,9-10,16H2,1-2H3. The van der Waals surface area contributed by atoms with E-state index in [2.05, 4.69) is 42.1 Å². The van der Waals surface area contributed by atoms with Crippen molar-refractivity contribution in [2.75, 3.05) is 38.6 Å². The molecule has 3 rings (SSSR count). The average molecular weight is 245 g/mol. The summed E-state index contributed by atoms with van der Waals surface area (Å²) >= 11 is 0. The number of fused-ring (bicyclic) bond motifs is 1. The molecule has 1 aromatic rings. The van der Waals surface area contributed by atoms with Gasteiger partial charge in [0, 0.05) is 31.9 Å². The molecule has 0 aromatic heterocycles. The summed E-state index contributed by atoms with van der Waals surface area (Å²) in [5.41, 5.74) is 10.2. The molecule has 2 unspecified atom stereocenters. The molecule has 98 valence electrons. The van der Waals surface area contributed by atoms with Gasteiger partial charge in [-0.1, -0.05) is 12.1 Å². The molecule has 1 saturated heterocycles. The van der Waals surface area contributed by atoms with Gasteiger partial charge in [-0.05, 0) is 49.5 Å². The lowest BCUT2D eigenvalue weighted by Gasteiger charge is -2.21. The van der Waals surface area contributed by atoms with Crippen molar-refractivity contribution in [3.05, 3.63) is 29.3 Å². The van der Waals surface area contributed by atoms with Crippen molar-refractivity contribution in [1.82, 2.24) is 4.90 Å². The lowest BCUT2D eigenvalue weighted by Crippen LogP contribution is -2.20. The zero-order valence-electron chi connectivity index (χ0n) is 11.4. The second kappa shape index (κ2) is 4.56. The van der Waals surface area contributed by atoms with Gasteiger partial charge in [-0.15, -0.1) is 0 Å². The van der Waals surface area contributed by atoms with E-state index in [0.29, 0.717) is 12.0 Å². The van der Waals surface area contributed by atoms with Crippen molar-refractivity contribution in [2.24, 2.45) is 11.7 Å². The van der Waals surface area contributed by atoms with Gasteiger partial charge >= 0.3 is 0 Å². The Morgan fingerprint density at radius 1 is 1.33 bits per heavy atom. The number of hydrogen-bond acceptors (Lipinski definition) is 3. The van der Waals surface area contributed by atoms with Crippen molar-refractivity contribution in [3.8, 4) is 0 Å². The molecule has 0 radical (unpaired) electrons. The number of likely N-dealkylation sites (N-methyl/N-ethyl adjacent to an activating group) is 1. The molecule has 2 N–H and O–H groups in total. The normalized spacial score (nSPS) is 27.8. The molecule has 1 aromatic carbocycles. The van der Waals surface area contributed by atoms with Crippen LogP contribution in [-0.4, -0.2) is 38.6 Å². The first-order valence-corrected chi connectivity index (χ1v) is 6.93. The van der Waals surface area contributed by atoms with Crippen LogP contribution < -0.4 is 10.6 Å². The second-order valence-electron chi connectivity index (χ2n) is 5.85. The highest BCUT2D eigenvalue weighted by Gasteiger charge is 2.30. The van der Waals surface area contributed by atoms with E-state index < -0.39 is 0 Å². The van der Waals surface area contributed by atoms with Crippen molar-refractivity contribution in [2.45, 2.75) is 18.9 Å². The van der Waals surface area contributed by atoms with Crippen LogP contribution in [0.3, 0.4) is 0 Å². The minimum atomic E-state index is 0.554. The Hall–Kier alpha value is -1.06. The van der Waals surface area contributed by atoms with Crippen molar-refractivity contribution in [1.29, 1.82) is 0 Å². The number of likely N-dealkylation sites (tertiary alicyclic amines) is 1. The van der Waals surface area contributed by atoms with E-state index in [-0.39, 0.29) is 0 Å². The molecule has 2 atom stereocenters. The molecule has 0 saturated carbocycles. The topological polar surface area (TPSA) is 32.5 Å². The summed E-state index contributed by atoms with van der Waals surface area (Å²) in [7, 11) is 4.41. The Bertz CT molecular complexity index is 443. The Balaban J connectivity index is 1.87. The second-order valence-corrected chi connectivity index (χ2v) is 5.85. The van der Waals surface area contributed by atoms with Crippen LogP contribution >= 0.6 is 0 Å². The lowest BCUT2D eigenvalue weighted by molar-refractivity contribution is 0.314. The predicted molar refractivity (Wildman–Crippen MR) is 75.9 cm³/mol. The van der Waals surface area contributed by atoms with Gasteiger partial charge in [-0.25, -0.2) is 0 Å². The van der Waals surface area contributed by atoms with Gasteiger partial charge < -0.3 is 10.6 Å². The van der Waals surface area contributed by atoms with Crippen LogP contribution in [0.4, 0.5) is 5.69 Å². The van der Waals surface area contributed by atoms with Crippen LogP contribution in [0.1, 0.15) is 23.6 Å². The van der Waals surface area contributed by atoms with Crippen LogP contribution in [0.25, 0.3) is 0 Å². The summed E-state index contributed by atoms with van der Waals surface area (Å²) in [4.78, 5) is 4.82. The SMILES string of the molecule is CN1CCc2ccc(C3CC(CN)CN3C)cc21. The Kier molecular flexibility index (Phi) is 3.04. The molecule has 1 fully saturated rings. The van der Waals surface area contributed by atoms with Crippen molar-refractivity contribution < 1.29 is 0 Å². The van der Waals surface area contributed by atoms with Crippen LogP contribution in [0.15, 0.2) is 18.2 Å². The first-order valence-electron chi connectivity index (χ1n) is 6.93. The highest BCUT2D eigenvalue weighted by atomic mass is 15.2. The minimum Gasteiger partial charge on any atom is -0.374 e. The Labute approximate surface area is 110 Å². The smallest absolute Gasteiger partial charge is 0.0400 e. The van der Waals surface area contributed by atoms with Gasteiger partial charge in [-0.2, -0.15) is 0 Å². The van der Waals surface area contributed by atoms with E-state index in [9.17, 15) is 0 Å². The molecule has 0 spiro atoms. The zero-order valence-corrected chi connectivity index (χ0v) is 11.4. The fraction of sp³-hybridized carbons (Fsp3) is 0.600. The van der Waals surface area contributed by atoms with Crippen LogP contribution in [0.2, 0.25) is 0 Å². The monoisotopic (exact) mass is 245 g/mol. The fourth-order valence-corrected chi connectivity index (χ4v) is 3.43. The Morgan fingerprint density at radius 3 is 2.89 bits per heavy atom. The summed E-state index contributed by atoms with van der Waals surface area (Å²) < 4.78 is 0. The number of hydrogen-bond donors (Lipinski definition) is 1. The number of nitrogens with zero attached hydrogens (tertiary/aromatic N) is 2. The summed E-state index contributed by atoms with van der Waals surface area (Å²) in [6.45, 7) is 3.10. The highest BCUT2D eigenvalue weighted by molar-refractivity contribution is 5.59. The predicted octanol–water partition coefficient (Wildman–Crippen LogP) is 1.63. The Morgan fingerprint density at radius 2 is 2.17 bits per heavy atom. The largest absolute Gasteiger partial charge is 0.374 e. The van der Waals surface area contributed by atoms with E-state index >= 15 is 0 Å². The molecule has 2 aliphatic rings. The van der Waals surface area contributed by atoms with Crippen LogP contribution in [0, 0.1) is 5.92 Å². The molecule has 0 bridgehead atoms. The number of nitrogens with two attached hydrogens (primary N) is 1. The molecule has 0 aliphatic carbocycles. The van der Waals surface area contributed by atoms with Crippen LogP contribution in [-0.2, 0) is 6.42 Å². The summed E-state index contributed by atoms with van der Waals surface area (Å²) in [6.07, 6.45) is 2.40. The van der Waals surface area contributed by atoms with Crippen LogP contribution in [0.5, 0.6) is 0 Å². The third-order valence-corrected chi connectivity index (χ3v) is 4.59. The molecule has 3 heteroatoms. The first-order chi connectivity index (χ1) is 8.69. The van der Waals surface area contributed by atoms with E-state index in [4.69, 9.17) is 5.73 Å². The van der Waals surface area contributed by atoms with E-state index in [1.165, 1.54) is 29.7 Å². The molecule has 18 heavy (non-hydrogen) atoms. The number of rotatable bonds is 2. The van der Waals surface area contributed by atoms with Gasteiger partial charge in [0.05, 0.1) is 0 Å². The maximum Gasteiger partial charge on any atom is 0.0400 e. The van der Waals surface area contributed by atoms with Gasteiger partial charge in [0.15, 0.2) is 0 Å². The fourth-order valence-electron chi connectivity index (χ4n) is 3.43. The highest BCUT2D eigenvalue weighted by Crippen LogP contribution is 2.37. The minimum absolute atomic E-state index is 0.554. The molecular weight excluding hydrogens is 222 g/mol. The van der Waals surface area contributed by atoms with E-state index in [1.807, 2.05) is 0 Å². The summed E-state index contributed by atoms with van der Waals surface area (Å²) in [5, 5.41) is 0. The summed E-state index contributed by atoms with van der Waals surface area (Å²) in [5.74, 6) is 0.658. The molecule has 0 amide bonds. The third-order valence-electron chi connectivity index (χ3n) is 4.59. The van der Waals surface area contributed by atoms with Crippen molar-refractivity contribution in [3.63, 3.8) is 0 Å². The summed E-state index contributed by atoms with van der Waals surface area (Å²) in [6, 6.07) is 7.58. The molecule has 3 nitrogen and oxygen atoms in total. The van der Waals surface area contributed by atoms with Gasteiger partial charge in [0.1, 0.15) is 0 Å². The molecular formula is C15H23N3. The number of anilines is 1. The first kappa shape index (κ1) is 12.0. The lowest BCUT2D eigenvalue weighted by atomic mass is 9.98. The van der Waals surface area contributed by atoms with Gasteiger partial charge in [0.25, 0.3) is 0 Å². The van der Waals surface area contributed by atoms with E-state index in [0.717, 1.165) is 19.6 Å².